The highest BCUT2D eigenvalue weighted by atomic mass is 16.5. The molecular formula is C14H24N2O4. The first kappa shape index (κ1) is 15.3. The number of likely N-dealkylation sites (tertiary alicyclic amines) is 1. The molecule has 2 aliphatic heterocycles. The van der Waals surface area contributed by atoms with Gasteiger partial charge in [0.2, 0.25) is 5.91 Å². The van der Waals surface area contributed by atoms with Crippen LogP contribution in [0, 0.1) is 0 Å². The molecule has 2 atom stereocenters. The summed E-state index contributed by atoms with van der Waals surface area (Å²) in [5.74, 6) is -1.16. The van der Waals surface area contributed by atoms with Gasteiger partial charge in [0.1, 0.15) is 6.10 Å². The number of nitrogens with one attached hydrogen (secondary N) is 1. The van der Waals surface area contributed by atoms with Crippen LogP contribution in [0.25, 0.3) is 0 Å². The quantitative estimate of drug-likeness (QED) is 0.773. The Labute approximate surface area is 119 Å². The van der Waals surface area contributed by atoms with Crippen molar-refractivity contribution in [3.63, 3.8) is 0 Å². The van der Waals surface area contributed by atoms with Gasteiger partial charge in [-0.3, -0.25) is 4.79 Å². The molecule has 0 unspecified atom stereocenters. The highest BCUT2D eigenvalue weighted by Crippen LogP contribution is 2.19. The van der Waals surface area contributed by atoms with Crippen molar-refractivity contribution < 1.29 is 19.4 Å². The molecule has 0 aromatic heterocycles. The Balaban J connectivity index is 1.64. The number of aliphatic carboxylic acids is 1. The van der Waals surface area contributed by atoms with Crippen molar-refractivity contribution in [3.05, 3.63) is 0 Å². The Morgan fingerprint density at radius 2 is 1.75 bits per heavy atom. The normalized spacial score (nSPS) is 28.0. The van der Waals surface area contributed by atoms with Crippen molar-refractivity contribution in [1.82, 2.24) is 10.2 Å². The van der Waals surface area contributed by atoms with Crippen LogP contribution in [-0.4, -0.2) is 60.3 Å². The minimum Gasteiger partial charge on any atom is -0.479 e. The van der Waals surface area contributed by atoms with Gasteiger partial charge in [-0.1, -0.05) is 12.8 Å². The molecular weight excluding hydrogens is 260 g/mol. The second kappa shape index (κ2) is 7.59. The van der Waals surface area contributed by atoms with E-state index in [1.54, 1.807) is 0 Å². The van der Waals surface area contributed by atoms with Crippen LogP contribution in [0.4, 0.5) is 0 Å². The first-order valence-electron chi connectivity index (χ1n) is 7.55. The fraction of sp³-hybridized carbons (Fsp3) is 0.857. The molecule has 6 heteroatoms. The smallest absolute Gasteiger partial charge is 0.332 e. The summed E-state index contributed by atoms with van der Waals surface area (Å²) in [6.07, 6.45) is 4.56. The summed E-state index contributed by atoms with van der Waals surface area (Å²) in [5.41, 5.74) is 0. The zero-order valence-electron chi connectivity index (χ0n) is 11.8. The maximum atomic E-state index is 11.9. The van der Waals surface area contributed by atoms with Gasteiger partial charge in [0, 0.05) is 13.1 Å². The van der Waals surface area contributed by atoms with Crippen molar-refractivity contribution in [2.45, 2.75) is 50.7 Å². The summed E-state index contributed by atoms with van der Waals surface area (Å²) >= 11 is 0. The lowest BCUT2D eigenvalue weighted by molar-refractivity contribution is -0.151. The van der Waals surface area contributed by atoms with Crippen LogP contribution in [-0.2, 0) is 14.3 Å². The average Bonchev–Trinajstić information content (AvgIpc) is 2.78. The van der Waals surface area contributed by atoms with E-state index in [1.165, 1.54) is 25.7 Å². The zero-order chi connectivity index (χ0) is 14.4. The van der Waals surface area contributed by atoms with Gasteiger partial charge in [-0.05, 0) is 38.8 Å². The summed E-state index contributed by atoms with van der Waals surface area (Å²) in [4.78, 5) is 25.0. The molecule has 0 aliphatic carbocycles. The monoisotopic (exact) mass is 284 g/mol. The second-order valence-electron chi connectivity index (χ2n) is 5.58. The summed E-state index contributed by atoms with van der Waals surface area (Å²) in [7, 11) is 0. The van der Waals surface area contributed by atoms with Crippen LogP contribution in [0.3, 0.4) is 0 Å². The minimum atomic E-state index is -0.982. The third kappa shape index (κ3) is 4.45. The van der Waals surface area contributed by atoms with E-state index < -0.39 is 18.2 Å². The van der Waals surface area contributed by atoms with Crippen molar-refractivity contribution in [2.24, 2.45) is 0 Å². The average molecular weight is 284 g/mol. The van der Waals surface area contributed by atoms with E-state index in [1.807, 2.05) is 0 Å². The van der Waals surface area contributed by atoms with Gasteiger partial charge in [0.25, 0.3) is 0 Å². The standard InChI is InChI=1S/C14H24N2O4/c17-13(11-5-6-12(20-11)14(18)19)15-7-10-16-8-3-1-2-4-9-16/h11-12H,1-10H2,(H,15,17)(H,18,19)/t11-,12+/m0/s1. The second-order valence-corrected chi connectivity index (χ2v) is 5.58. The number of ether oxygens (including phenoxy) is 1. The van der Waals surface area contributed by atoms with Crippen LogP contribution in [0.15, 0.2) is 0 Å². The molecule has 20 heavy (non-hydrogen) atoms. The summed E-state index contributed by atoms with van der Waals surface area (Å²) < 4.78 is 5.22. The Hall–Kier alpha value is -1.14. The van der Waals surface area contributed by atoms with Crippen LogP contribution in [0.5, 0.6) is 0 Å². The first-order chi connectivity index (χ1) is 9.66. The molecule has 0 radical (unpaired) electrons. The van der Waals surface area contributed by atoms with E-state index in [-0.39, 0.29) is 5.91 Å². The van der Waals surface area contributed by atoms with Crippen molar-refractivity contribution in [1.29, 1.82) is 0 Å². The SMILES string of the molecule is O=C(NCCN1CCCCCC1)[C@@H]1CC[C@H](C(=O)O)O1. The van der Waals surface area contributed by atoms with Crippen molar-refractivity contribution in [3.8, 4) is 0 Å². The van der Waals surface area contributed by atoms with E-state index in [0.29, 0.717) is 19.4 Å². The van der Waals surface area contributed by atoms with Crippen LogP contribution < -0.4 is 5.32 Å². The molecule has 2 heterocycles. The Kier molecular flexibility index (Phi) is 5.79. The highest BCUT2D eigenvalue weighted by molar-refractivity contribution is 5.82. The minimum absolute atomic E-state index is 0.177. The number of hydrogen-bond acceptors (Lipinski definition) is 4. The maximum absolute atomic E-state index is 11.9. The van der Waals surface area contributed by atoms with Crippen LogP contribution in [0.2, 0.25) is 0 Å². The molecule has 1 amide bonds. The molecule has 2 aliphatic rings. The Bertz CT molecular complexity index is 340. The van der Waals surface area contributed by atoms with Gasteiger partial charge >= 0.3 is 5.97 Å². The number of carboxylic acid groups (broad SMARTS) is 1. The topological polar surface area (TPSA) is 78.9 Å². The molecule has 0 bridgehead atoms. The van der Waals surface area contributed by atoms with Gasteiger partial charge in [-0.15, -0.1) is 0 Å². The van der Waals surface area contributed by atoms with Gasteiger partial charge in [0.15, 0.2) is 6.10 Å². The molecule has 0 spiro atoms. The highest BCUT2D eigenvalue weighted by Gasteiger charge is 2.34. The molecule has 6 nitrogen and oxygen atoms in total. The molecule has 2 rings (SSSR count). The number of carboxylic acids is 1. The zero-order valence-corrected chi connectivity index (χ0v) is 11.8. The summed E-state index contributed by atoms with van der Waals surface area (Å²) in [6, 6.07) is 0. The lowest BCUT2D eigenvalue weighted by Gasteiger charge is -2.20. The Morgan fingerprint density at radius 3 is 2.35 bits per heavy atom. The fourth-order valence-electron chi connectivity index (χ4n) is 2.82. The number of nitrogens with zero attached hydrogens (tertiary/aromatic N) is 1. The predicted octanol–water partition coefficient (Wildman–Crippen LogP) is 0.611. The van der Waals surface area contributed by atoms with E-state index in [0.717, 1.165) is 19.6 Å². The number of amides is 1. The third-order valence-corrected chi connectivity index (χ3v) is 4.01. The molecule has 2 N–H and O–H groups in total. The van der Waals surface area contributed by atoms with Crippen molar-refractivity contribution >= 4 is 11.9 Å². The van der Waals surface area contributed by atoms with Crippen LogP contribution in [0.1, 0.15) is 38.5 Å². The number of carbonyl (C=O) groups is 2. The van der Waals surface area contributed by atoms with Gasteiger partial charge in [-0.2, -0.15) is 0 Å². The van der Waals surface area contributed by atoms with Crippen LogP contribution >= 0.6 is 0 Å². The predicted molar refractivity (Wildman–Crippen MR) is 73.4 cm³/mol. The van der Waals surface area contributed by atoms with E-state index in [9.17, 15) is 9.59 Å². The number of carbonyl (C=O) groups excluding carboxylic acids is 1. The van der Waals surface area contributed by atoms with Crippen molar-refractivity contribution in [2.75, 3.05) is 26.2 Å². The fourth-order valence-corrected chi connectivity index (χ4v) is 2.82. The molecule has 114 valence electrons. The van der Waals surface area contributed by atoms with E-state index >= 15 is 0 Å². The molecule has 0 saturated carbocycles. The Morgan fingerprint density at radius 1 is 1.10 bits per heavy atom. The summed E-state index contributed by atoms with van der Waals surface area (Å²) in [6.45, 7) is 3.69. The molecule has 0 aromatic rings. The van der Waals surface area contributed by atoms with E-state index in [2.05, 4.69) is 10.2 Å². The number of rotatable bonds is 5. The lowest BCUT2D eigenvalue weighted by atomic mass is 10.2. The lowest BCUT2D eigenvalue weighted by Crippen LogP contribution is -2.40. The van der Waals surface area contributed by atoms with E-state index in [4.69, 9.17) is 9.84 Å². The van der Waals surface area contributed by atoms with Gasteiger partial charge < -0.3 is 20.1 Å². The number of hydrogen-bond donors (Lipinski definition) is 2. The largest absolute Gasteiger partial charge is 0.479 e. The molecule has 2 saturated heterocycles. The molecule has 0 aromatic carbocycles. The first-order valence-corrected chi connectivity index (χ1v) is 7.55. The van der Waals surface area contributed by atoms with Gasteiger partial charge in [-0.25, -0.2) is 4.79 Å². The molecule has 2 fully saturated rings. The third-order valence-electron chi connectivity index (χ3n) is 4.01. The maximum Gasteiger partial charge on any atom is 0.332 e. The van der Waals surface area contributed by atoms with Gasteiger partial charge in [0.05, 0.1) is 0 Å². The summed E-state index contributed by atoms with van der Waals surface area (Å²) in [5, 5.41) is 11.7.